The van der Waals surface area contributed by atoms with Crippen molar-refractivity contribution in [2.45, 2.75) is 6.92 Å². The van der Waals surface area contributed by atoms with Gasteiger partial charge in [0.1, 0.15) is 6.07 Å². The first kappa shape index (κ1) is 13.5. The van der Waals surface area contributed by atoms with E-state index < -0.39 is 0 Å². The third kappa shape index (κ3) is 2.93. The SMILES string of the molecule is Cc1cc(Cl)c(Nc2ccc(C#N)c(N)c2)cc1Cl. The van der Waals surface area contributed by atoms with Crippen LogP contribution in [0.4, 0.5) is 17.1 Å². The van der Waals surface area contributed by atoms with Crippen LogP contribution >= 0.6 is 23.2 Å². The van der Waals surface area contributed by atoms with Crippen LogP contribution < -0.4 is 11.1 Å². The molecule has 2 aromatic carbocycles. The molecule has 5 heteroatoms. The molecular formula is C14H11Cl2N3. The van der Waals surface area contributed by atoms with E-state index in [0.29, 0.717) is 27.0 Å². The largest absolute Gasteiger partial charge is 0.398 e. The molecule has 0 aliphatic heterocycles. The lowest BCUT2D eigenvalue weighted by molar-refractivity contribution is 1.44. The van der Waals surface area contributed by atoms with Crippen LogP contribution in [0.2, 0.25) is 10.0 Å². The second-order valence-corrected chi connectivity index (χ2v) is 4.93. The lowest BCUT2D eigenvalue weighted by atomic mass is 10.1. The normalized spacial score (nSPS) is 10.0. The van der Waals surface area contributed by atoms with E-state index in [1.165, 1.54) is 0 Å². The average Bonchev–Trinajstić information content (AvgIpc) is 2.36. The first-order chi connectivity index (χ1) is 9.01. The molecule has 0 saturated carbocycles. The van der Waals surface area contributed by atoms with E-state index >= 15 is 0 Å². The van der Waals surface area contributed by atoms with Gasteiger partial charge < -0.3 is 11.1 Å². The summed E-state index contributed by atoms with van der Waals surface area (Å²) < 4.78 is 0. The number of nitrogens with one attached hydrogen (secondary N) is 1. The number of nitrogen functional groups attached to an aromatic ring is 1. The highest BCUT2D eigenvalue weighted by Crippen LogP contribution is 2.31. The van der Waals surface area contributed by atoms with E-state index in [1.54, 1.807) is 30.3 Å². The zero-order valence-electron chi connectivity index (χ0n) is 10.2. The molecule has 3 nitrogen and oxygen atoms in total. The van der Waals surface area contributed by atoms with Crippen LogP contribution in [-0.2, 0) is 0 Å². The first-order valence-electron chi connectivity index (χ1n) is 5.53. The average molecular weight is 292 g/mol. The fraction of sp³-hybridized carbons (Fsp3) is 0.0714. The lowest BCUT2D eigenvalue weighted by Gasteiger charge is -2.11. The van der Waals surface area contributed by atoms with Crippen molar-refractivity contribution in [1.29, 1.82) is 5.26 Å². The standard InChI is InChI=1S/C14H11Cl2N3/c1-8-4-12(16)14(6-11(8)15)19-10-3-2-9(7-17)13(18)5-10/h2-6,19H,18H2,1H3. The van der Waals surface area contributed by atoms with Crippen LogP contribution in [0.5, 0.6) is 0 Å². The van der Waals surface area contributed by atoms with Crippen molar-refractivity contribution < 1.29 is 0 Å². The molecule has 0 amide bonds. The number of rotatable bonds is 2. The van der Waals surface area contributed by atoms with Crippen LogP contribution in [-0.4, -0.2) is 0 Å². The molecule has 2 rings (SSSR count). The zero-order chi connectivity index (χ0) is 14.0. The Hall–Kier alpha value is -1.89. The molecule has 2 aromatic rings. The second kappa shape index (κ2) is 5.40. The molecular weight excluding hydrogens is 281 g/mol. The predicted octanol–water partition coefficient (Wildman–Crippen LogP) is 4.50. The number of nitriles is 1. The van der Waals surface area contributed by atoms with Crippen LogP contribution in [0.15, 0.2) is 30.3 Å². The van der Waals surface area contributed by atoms with Crippen molar-refractivity contribution >= 4 is 40.3 Å². The van der Waals surface area contributed by atoms with Crippen molar-refractivity contribution in [3.05, 3.63) is 51.5 Å². The third-order valence-corrected chi connectivity index (χ3v) is 3.42. The molecule has 0 bridgehead atoms. The highest BCUT2D eigenvalue weighted by atomic mass is 35.5. The van der Waals surface area contributed by atoms with E-state index in [4.69, 9.17) is 34.2 Å². The smallest absolute Gasteiger partial charge is 0.101 e. The van der Waals surface area contributed by atoms with E-state index in [9.17, 15) is 0 Å². The van der Waals surface area contributed by atoms with Gasteiger partial charge in [-0.05, 0) is 42.8 Å². The molecule has 19 heavy (non-hydrogen) atoms. The van der Waals surface area contributed by atoms with Crippen molar-refractivity contribution in [2.24, 2.45) is 0 Å². The van der Waals surface area contributed by atoms with Crippen LogP contribution in [0.3, 0.4) is 0 Å². The maximum absolute atomic E-state index is 8.82. The van der Waals surface area contributed by atoms with E-state index in [2.05, 4.69) is 5.32 Å². The Morgan fingerprint density at radius 3 is 2.53 bits per heavy atom. The Bertz CT molecular complexity index is 675. The molecule has 0 aliphatic rings. The summed E-state index contributed by atoms with van der Waals surface area (Å²) in [6, 6.07) is 10.7. The number of halogens is 2. The monoisotopic (exact) mass is 291 g/mol. The zero-order valence-corrected chi connectivity index (χ0v) is 11.7. The van der Waals surface area contributed by atoms with Gasteiger partial charge in [0.05, 0.1) is 22.0 Å². The van der Waals surface area contributed by atoms with Gasteiger partial charge >= 0.3 is 0 Å². The lowest BCUT2D eigenvalue weighted by Crippen LogP contribution is -1.96. The van der Waals surface area contributed by atoms with Crippen molar-refractivity contribution in [2.75, 3.05) is 11.1 Å². The predicted molar refractivity (Wildman–Crippen MR) is 80.1 cm³/mol. The Balaban J connectivity index is 2.34. The van der Waals surface area contributed by atoms with Crippen LogP contribution in [0.1, 0.15) is 11.1 Å². The molecule has 0 fully saturated rings. The Labute approximate surface area is 121 Å². The number of hydrogen-bond donors (Lipinski definition) is 2. The van der Waals surface area contributed by atoms with E-state index in [0.717, 1.165) is 11.3 Å². The minimum atomic E-state index is 0.418. The van der Waals surface area contributed by atoms with Gasteiger partial charge in [0.15, 0.2) is 0 Å². The number of nitrogens with two attached hydrogens (primary N) is 1. The fourth-order valence-electron chi connectivity index (χ4n) is 1.64. The minimum absolute atomic E-state index is 0.418. The molecule has 0 aromatic heterocycles. The third-order valence-electron chi connectivity index (χ3n) is 2.70. The topological polar surface area (TPSA) is 61.8 Å². The fourth-order valence-corrected chi connectivity index (χ4v) is 2.07. The van der Waals surface area contributed by atoms with Gasteiger partial charge in [-0.2, -0.15) is 5.26 Å². The van der Waals surface area contributed by atoms with Gasteiger partial charge in [-0.15, -0.1) is 0 Å². The summed E-state index contributed by atoms with van der Waals surface area (Å²) in [5, 5.41) is 13.2. The molecule has 0 aliphatic carbocycles. The molecule has 0 unspecified atom stereocenters. The van der Waals surface area contributed by atoms with Gasteiger partial charge in [-0.25, -0.2) is 0 Å². The summed E-state index contributed by atoms with van der Waals surface area (Å²) in [7, 11) is 0. The molecule has 0 heterocycles. The summed E-state index contributed by atoms with van der Waals surface area (Å²) in [6.45, 7) is 1.89. The number of nitrogens with zero attached hydrogens (tertiary/aromatic N) is 1. The minimum Gasteiger partial charge on any atom is -0.398 e. The number of hydrogen-bond acceptors (Lipinski definition) is 3. The summed E-state index contributed by atoms with van der Waals surface area (Å²) >= 11 is 12.2. The maximum atomic E-state index is 8.82. The van der Waals surface area contributed by atoms with Crippen molar-refractivity contribution in [3.63, 3.8) is 0 Å². The van der Waals surface area contributed by atoms with Gasteiger partial charge in [-0.3, -0.25) is 0 Å². The van der Waals surface area contributed by atoms with E-state index in [-0.39, 0.29) is 0 Å². The first-order valence-corrected chi connectivity index (χ1v) is 6.29. The molecule has 3 N–H and O–H groups in total. The summed E-state index contributed by atoms with van der Waals surface area (Å²) in [5.74, 6) is 0. The molecule has 0 atom stereocenters. The van der Waals surface area contributed by atoms with Gasteiger partial charge in [-0.1, -0.05) is 23.2 Å². The number of aryl methyl sites for hydroxylation is 1. The number of benzene rings is 2. The van der Waals surface area contributed by atoms with Gasteiger partial charge in [0.25, 0.3) is 0 Å². The molecule has 0 saturated heterocycles. The maximum Gasteiger partial charge on any atom is 0.101 e. The quantitative estimate of drug-likeness (QED) is 0.801. The Morgan fingerprint density at radius 2 is 1.89 bits per heavy atom. The van der Waals surface area contributed by atoms with Gasteiger partial charge in [0.2, 0.25) is 0 Å². The highest BCUT2D eigenvalue weighted by Gasteiger charge is 2.06. The number of anilines is 3. The van der Waals surface area contributed by atoms with Gasteiger partial charge in [0, 0.05) is 10.7 Å². The Kier molecular flexibility index (Phi) is 3.84. The second-order valence-electron chi connectivity index (χ2n) is 4.12. The summed E-state index contributed by atoms with van der Waals surface area (Å²) in [4.78, 5) is 0. The summed E-state index contributed by atoms with van der Waals surface area (Å²) in [5.41, 5.74) is 8.98. The van der Waals surface area contributed by atoms with Crippen molar-refractivity contribution in [1.82, 2.24) is 0 Å². The Morgan fingerprint density at radius 1 is 1.16 bits per heavy atom. The van der Waals surface area contributed by atoms with Crippen LogP contribution in [0, 0.1) is 18.3 Å². The molecule has 0 radical (unpaired) electrons. The van der Waals surface area contributed by atoms with Crippen molar-refractivity contribution in [3.8, 4) is 6.07 Å². The summed E-state index contributed by atoms with van der Waals surface area (Å²) in [6.07, 6.45) is 0. The van der Waals surface area contributed by atoms with E-state index in [1.807, 2.05) is 13.0 Å². The highest BCUT2D eigenvalue weighted by molar-refractivity contribution is 6.35. The molecule has 0 spiro atoms. The molecule has 96 valence electrons. The van der Waals surface area contributed by atoms with Crippen LogP contribution in [0.25, 0.3) is 0 Å².